The zero-order chi connectivity index (χ0) is 26.5. The molecule has 0 unspecified atom stereocenters. The number of amides is 2. The summed E-state index contributed by atoms with van der Waals surface area (Å²) in [5.74, 6) is -0.567. The van der Waals surface area contributed by atoms with Gasteiger partial charge in [-0.05, 0) is 47.5 Å². The Morgan fingerprint density at radius 1 is 1.06 bits per heavy atom. The highest BCUT2D eigenvalue weighted by Crippen LogP contribution is 2.36. The van der Waals surface area contributed by atoms with Crippen molar-refractivity contribution in [2.45, 2.75) is 0 Å². The molecule has 9 heteroatoms. The highest BCUT2D eigenvalue weighted by Gasteiger charge is 2.21. The number of aromatic nitrogens is 1. The molecular weight excluding hydrogens is 456 g/mol. The number of fused-ring (bicyclic) bond motifs is 3. The number of ether oxygens (including phenoxy) is 1. The van der Waals surface area contributed by atoms with E-state index in [-0.39, 0.29) is 10.8 Å². The summed E-state index contributed by atoms with van der Waals surface area (Å²) in [5.41, 5.74) is 9.74. The third-order valence-corrected chi connectivity index (χ3v) is 6.54. The Hall–Kier alpha value is -3.91. The second kappa shape index (κ2) is 8.46. The van der Waals surface area contributed by atoms with Crippen molar-refractivity contribution in [1.29, 1.82) is 0 Å². The molecule has 174 valence electrons. The molecule has 5 rings (SSSR count). The molecule has 0 saturated carbocycles. The van der Waals surface area contributed by atoms with Gasteiger partial charge < -0.3 is 30.4 Å². The molecule has 0 atom stereocenters. The van der Waals surface area contributed by atoms with Crippen LogP contribution in [0, 0.1) is 0 Å². The van der Waals surface area contributed by atoms with E-state index in [9.17, 15) is 14.7 Å². The molecule has 34 heavy (non-hydrogen) atoms. The minimum Gasteiger partial charge on any atom is -0.495 e. The molecule has 0 radical (unpaired) electrons. The zero-order valence-electron chi connectivity index (χ0n) is 21.0. The Morgan fingerprint density at radius 2 is 1.85 bits per heavy atom. The maximum atomic E-state index is 12.4. The largest absolute Gasteiger partial charge is 0.495 e. The van der Waals surface area contributed by atoms with Gasteiger partial charge in [0.25, 0.3) is 5.91 Å². The maximum Gasteiger partial charge on any atom is 0.407 e. The van der Waals surface area contributed by atoms with Crippen molar-refractivity contribution >= 4 is 51.1 Å². The number of rotatable bonds is 4. The molecular formula is C25H23ClN4O4. The molecule has 0 spiro atoms. The van der Waals surface area contributed by atoms with Gasteiger partial charge in [0.2, 0.25) is 0 Å². The van der Waals surface area contributed by atoms with Crippen LogP contribution in [0.2, 0.25) is 5.02 Å². The molecule has 0 bridgehead atoms. The van der Waals surface area contributed by atoms with Crippen LogP contribution in [0.1, 0.15) is 14.5 Å². The van der Waals surface area contributed by atoms with E-state index in [0.717, 1.165) is 22.0 Å². The summed E-state index contributed by atoms with van der Waals surface area (Å²) in [5, 5.41) is 11.0. The average Bonchev–Trinajstić information content (AvgIpc) is 3.21. The van der Waals surface area contributed by atoms with Crippen molar-refractivity contribution in [3.05, 3.63) is 59.1 Å². The van der Waals surface area contributed by atoms with Crippen LogP contribution in [-0.2, 0) is 0 Å². The highest BCUT2D eigenvalue weighted by molar-refractivity contribution is 6.32. The van der Waals surface area contributed by atoms with Gasteiger partial charge in [0.15, 0.2) is 0 Å². The van der Waals surface area contributed by atoms with Crippen molar-refractivity contribution in [3.8, 4) is 16.9 Å². The summed E-state index contributed by atoms with van der Waals surface area (Å²) in [6.45, 7) is 2.01. The van der Waals surface area contributed by atoms with Crippen molar-refractivity contribution in [3.63, 3.8) is 0 Å². The van der Waals surface area contributed by atoms with E-state index in [1.54, 1.807) is 18.2 Å². The Morgan fingerprint density at radius 3 is 2.53 bits per heavy atom. The first-order chi connectivity index (χ1) is 17.5. The molecule has 0 aliphatic carbocycles. The molecule has 1 saturated heterocycles. The second-order valence-electron chi connectivity index (χ2n) is 8.17. The fourth-order valence-electron chi connectivity index (χ4n) is 4.47. The SMILES string of the molecule is [2H]C([2H])([2H])Oc1ccc(-c2cc(C(N)=O)c3[nH]c4cc(N5CCN(C(=O)O)CC5)ccc4c3c2)cc1Cl. The van der Waals surface area contributed by atoms with E-state index in [0.29, 0.717) is 48.4 Å². The number of anilines is 1. The van der Waals surface area contributed by atoms with Gasteiger partial charge in [-0.3, -0.25) is 4.79 Å². The van der Waals surface area contributed by atoms with Crippen LogP contribution in [0.25, 0.3) is 32.9 Å². The number of hydrogen-bond donors (Lipinski definition) is 3. The first kappa shape index (κ1) is 18.5. The number of methoxy groups -OCH3 is 1. The van der Waals surface area contributed by atoms with Gasteiger partial charge in [0.1, 0.15) is 5.75 Å². The lowest BCUT2D eigenvalue weighted by molar-refractivity contribution is 0.100. The average molecular weight is 482 g/mol. The van der Waals surface area contributed by atoms with Crippen molar-refractivity contribution in [2.24, 2.45) is 5.73 Å². The molecule has 3 aromatic carbocycles. The van der Waals surface area contributed by atoms with Crippen LogP contribution in [0.4, 0.5) is 10.5 Å². The quantitative estimate of drug-likeness (QED) is 0.396. The van der Waals surface area contributed by atoms with Crippen molar-refractivity contribution in [1.82, 2.24) is 9.88 Å². The number of halogens is 1. The summed E-state index contributed by atoms with van der Waals surface area (Å²) in [6.07, 6.45) is -0.916. The molecule has 1 aliphatic heterocycles. The number of nitrogens with two attached hydrogens (primary N) is 1. The van der Waals surface area contributed by atoms with Crippen molar-refractivity contribution in [2.75, 3.05) is 38.1 Å². The van der Waals surface area contributed by atoms with Crippen LogP contribution < -0.4 is 15.4 Å². The first-order valence-corrected chi connectivity index (χ1v) is 11.0. The summed E-state index contributed by atoms with van der Waals surface area (Å²) >= 11 is 6.28. The predicted octanol–water partition coefficient (Wildman–Crippen LogP) is 4.55. The molecule has 8 nitrogen and oxygen atoms in total. The number of H-pyrrole nitrogens is 1. The molecule has 2 heterocycles. The Labute approximate surface area is 204 Å². The molecule has 2 amide bonds. The third-order valence-electron chi connectivity index (χ3n) is 6.25. The maximum absolute atomic E-state index is 12.4. The molecule has 4 aromatic rings. The van der Waals surface area contributed by atoms with Gasteiger partial charge in [-0.15, -0.1) is 0 Å². The lowest BCUT2D eigenvalue weighted by Gasteiger charge is -2.34. The lowest BCUT2D eigenvalue weighted by atomic mass is 9.98. The summed E-state index contributed by atoms with van der Waals surface area (Å²) < 4.78 is 26.8. The standard InChI is InChI=1S/C25H23ClN4O4/c1-34-22-5-2-14(12-20(22)26)15-10-18-17-4-3-16(29-6-8-30(9-7-29)25(32)33)13-21(17)28-23(18)19(11-15)24(27)31/h2-5,10-13,28H,6-9H2,1H3,(H2,27,31)(H,32,33)/i1D3. The van der Waals surface area contributed by atoms with E-state index in [4.69, 9.17) is 26.2 Å². The van der Waals surface area contributed by atoms with Crippen LogP contribution in [0.3, 0.4) is 0 Å². The predicted molar refractivity (Wildman–Crippen MR) is 133 cm³/mol. The van der Waals surface area contributed by atoms with E-state index < -0.39 is 19.0 Å². The number of nitrogens with one attached hydrogen (secondary N) is 1. The smallest absolute Gasteiger partial charge is 0.407 e. The Bertz CT molecular complexity index is 1540. The van der Waals surface area contributed by atoms with Crippen LogP contribution >= 0.6 is 11.6 Å². The number of carbonyl (C=O) groups is 2. The van der Waals surface area contributed by atoms with E-state index in [2.05, 4.69) is 9.88 Å². The van der Waals surface area contributed by atoms with E-state index >= 15 is 0 Å². The number of benzene rings is 3. The topological polar surface area (TPSA) is 112 Å². The minimum absolute atomic E-state index is 0.0328. The van der Waals surface area contributed by atoms with Gasteiger partial charge in [-0.25, -0.2) is 4.79 Å². The highest BCUT2D eigenvalue weighted by atomic mass is 35.5. The Kier molecular flexibility index (Phi) is 4.61. The third kappa shape index (κ3) is 3.76. The number of carbonyl (C=O) groups excluding carboxylic acids is 1. The van der Waals surface area contributed by atoms with E-state index in [1.807, 2.05) is 24.3 Å². The number of piperazine rings is 1. The summed E-state index contributed by atoms with van der Waals surface area (Å²) in [7, 11) is -2.63. The number of nitrogens with zero attached hydrogens (tertiary/aromatic N) is 2. The number of primary amides is 1. The van der Waals surface area contributed by atoms with Crippen LogP contribution in [-0.4, -0.2) is 60.2 Å². The van der Waals surface area contributed by atoms with Gasteiger partial charge >= 0.3 is 6.09 Å². The summed E-state index contributed by atoms with van der Waals surface area (Å²) in [6, 6.07) is 14.2. The van der Waals surface area contributed by atoms with Crippen LogP contribution in [0.15, 0.2) is 48.5 Å². The Balaban J connectivity index is 1.55. The van der Waals surface area contributed by atoms with Gasteiger partial charge in [-0.1, -0.05) is 23.7 Å². The first-order valence-electron chi connectivity index (χ1n) is 12.1. The normalized spacial score (nSPS) is 15.7. The van der Waals surface area contributed by atoms with E-state index in [1.165, 1.54) is 11.0 Å². The molecule has 1 aromatic heterocycles. The number of hydrogen-bond acceptors (Lipinski definition) is 4. The van der Waals surface area contributed by atoms with Crippen molar-refractivity contribution < 1.29 is 23.5 Å². The zero-order valence-corrected chi connectivity index (χ0v) is 18.7. The molecule has 1 fully saturated rings. The van der Waals surface area contributed by atoms with Gasteiger partial charge in [0.05, 0.1) is 27.3 Å². The monoisotopic (exact) mass is 481 g/mol. The minimum atomic E-state index is -2.63. The number of aromatic amines is 1. The summed E-state index contributed by atoms with van der Waals surface area (Å²) in [4.78, 5) is 30.4. The molecule has 4 N–H and O–H groups in total. The number of carboxylic acid groups (broad SMARTS) is 1. The van der Waals surface area contributed by atoms with Crippen LogP contribution in [0.5, 0.6) is 5.75 Å². The lowest BCUT2D eigenvalue weighted by Crippen LogP contribution is -2.48. The van der Waals surface area contributed by atoms with Gasteiger partial charge in [-0.2, -0.15) is 0 Å². The fourth-order valence-corrected chi connectivity index (χ4v) is 4.69. The second-order valence-corrected chi connectivity index (χ2v) is 8.58. The van der Waals surface area contributed by atoms with Gasteiger partial charge in [0, 0.05) is 48.2 Å². The molecule has 1 aliphatic rings. The fraction of sp³-hybridized carbons (Fsp3) is 0.200.